The first-order valence-electron chi connectivity index (χ1n) is 10.4. The van der Waals surface area contributed by atoms with E-state index in [1.807, 2.05) is 0 Å². The molecule has 2 aromatic heterocycles. The summed E-state index contributed by atoms with van der Waals surface area (Å²) in [5.41, 5.74) is -3.34. The van der Waals surface area contributed by atoms with Gasteiger partial charge in [-0.05, 0) is 18.2 Å². The van der Waals surface area contributed by atoms with Crippen LogP contribution < -0.4 is 20.7 Å². The maximum Gasteiger partial charge on any atom is 0.348 e. The number of rotatable bonds is 7. The quantitative estimate of drug-likeness (QED) is 0.336. The molecule has 0 spiro atoms. The van der Waals surface area contributed by atoms with Crippen molar-refractivity contribution in [3.8, 4) is 17.2 Å². The Morgan fingerprint density at radius 2 is 1.79 bits per heavy atom. The fourth-order valence-corrected chi connectivity index (χ4v) is 5.36. The maximum absolute atomic E-state index is 15.2. The van der Waals surface area contributed by atoms with Crippen molar-refractivity contribution < 1.29 is 40.6 Å². The number of aromatic nitrogens is 2. The normalized spacial score (nSPS) is 11.5. The highest BCUT2D eigenvalue weighted by atomic mass is 32.2. The summed E-state index contributed by atoms with van der Waals surface area (Å²) in [6.45, 7) is -0.762. The lowest BCUT2D eigenvalue weighted by Crippen LogP contribution is -2.34. The van der Waals surface area contributed by atoms with Gasteiger partial charge in [0.25, 0.3) is 5.56 Å². The molecule has 2 heterocycles. The summed E-state index contributed by atoms with van der Waals surface area (Å²) >= 11 is 0.813. The van der Waals surface area contributed by atoms with E-state index >= 15 is 4.39 Å². The SMILES string of the molecule is COC(=O)c1scc2[nH]c(=O)n(-c3cc(OCc4c(OC)ccc(F)c4F)c(S(C)(=O)=O)cc3F)c(=O)c12. The predicted octanol–water partition coefficient (Wildman–Crippen LogP) is 2.94. The first-order chi connectivity index (χ1) is 17.9. The molecule has 38 heavy (non-hydrogen) atoms. The molecule has 200 valence electrons. The van der Waals surface area contributed by atoms with Gasteiger partial charge in [0.15, 0.2) is 21.5 Å². The minimum Gasteiger partial charge on any atom is -0.496 e. The second kappa shape index (κ2) is 9.98. The zero-order valence-electron chi connectivity index (χ0n) is 19.8. The average molecular weight is 571 g/mol. The molecule has 0 radical (unpaired) electrons. The topological polar surface area (TPSA) is 134 Å². The number of sulfone groups is 1. The van der Waals surface area contributed by atoms with Crippen LogP contribution in [0.1, 0.15) is 15.2 Å². The van der Waals surface area contributed by atoms with E-state index in [9.17, 15) is 31.6 Å². The van der Waals surface area contributed by atoms with Gasteiger partial charge in [0.1, 0.15) is 33.7 Å². The number of hydrogen-bond acceptors (Lipinski definition) is 9. The molecular formula is C23H17F3N2O8S2. The van der Waals surface area contributed by atoms with Crippen LogP contribution in [0.2, 0.25) is 0 Å². The Morgan fingerprint density at radius 1 is 1.08 bits per heavy atom. The van der Waals surface area contributed by atoms with E-state index in [4.69, 9.17) is 9.47 Å². The summed E-state index contributed by atoms with van der Waals surface area (Å²) in [7, 11) is -1.88. The van der Waals surface area contributed by atoms with Crippen LogP contribution in [-0.4, -0.2) is 44.4 Å². The van der Waals surface area contributed by atoms with E-state index in [0.717, 1.165) is 42.9 Å². The third kappa shape index (κ3) is 4.65. The molecule has 15 heteroatoms. The summed E-state index contributed by atoms with van der Waals surface area (Å²) in [6.07, 6.45) is 0.747. The molecular weight excluding hydrogens is 553 g/mol. The van der Waals surface area contributed by atoms with Crippen LogP contribution in [0.5, 0.6) is 11.5 Å². The van der Waals surface area contributed by atoms with E-state index in [2.05, 4.69) is 9.72 Å². The third-order valence-electron chi connectivity index (χ3n) is 5.42. The molecule has 0 amide bonds. The highest BCUT2D eigenvalue weighted by Gasteiger charge is 2.25. The number of esters is 1. The number of carbonyl (C=O) groups is 1. The van der Waals surface area contributed by atoms with Crippen molar-refractivity contribution in [1.82, 2.24) is 9.55 Å². The van der Waals surface area contributed by atoms with Crippen LogP contribution in [0.4, 0.5) is 13.2 Å². The molecule has 0 bridgehead atoms. The van der Waals surface area contributed by atoms with Gasteiger partial charge in [-0.2, -0.15) is 0 Å². The number of thiophene rings is 1. The minimum atomic E-state index is -4.16. The van der Waals surface area contributed by atoms with Crippen LogP contribution in [-0.2, 0) is 21.2 Å². The predicted molar refractivity (Wildman–Crippen MR) is 130 cm³/mol. The number of nitrogens with one attached hydrogen (secondary N) is 1. The highest BCUT2D eigenvalue weighted by Crippen LogP contribution is 2.32. The number of ether oxygens (including phenoxy) is 3. The van der Waals surface area contributed by atoms with Gasteiger partial charge in [-0.3, -0.25) is 4.79 Å². The number of aromatic amines is 1. The van der Waals surface area contributed by atoms with Gasteiger partial charge in [-0.1, -0.05) is 0 Å². The summed E-state index contributed by atoms with van der Waals surface area (Å²) < 4.78 is 83.5. The van der Waals surface area contributed by atoms with Crippen LogP contribution in [0, 0.1) is 17.5 Å². The molecule has 0 atom stereocenters. The zero-order valence-corrected chi connectivity index (χ0v) is 21.4. The summed E-state index contributed by atoms with van der Waals surface area (Å²) in [4.78, 5) is 39.6. The number of hydrogen-bond donors (Lipinski definition) is 1. The summed E-state index contributed by atoms with van der Waals surface area (Å²) in [6, 6.07) is 3.21. The summed E-state index contributed by atoms with van der Waals surface area (Å²) in [5, 5.41) is 1.06. The number of carbonyl (C=O) groups excluding carboxylic acids is 1. The number of methoxy groups -OCH3 is 2. The molecule has 2 aromatic carbocycles. The van der Waals surface area contributed by atoms with Crippen molar-refractivity contribution in [2.24, 2.45) is 0 Å². The van der Waals surface area contributed by atoms with Gasteiger partial charge >= 0.3 is 11.7 Å². The molecule has 0 fully saturated rings. The summed E-state index contributed by atoms with van der Waals surface area (Å²) in [5.74, 6) is -5.40. The first-order valence-corrected chi connectivity index (χ1v) is 13.2. The first kappa shape index (κ1) is 26.9. The number of fused-ring (bicyclic) bond motifs is 1. The van der Waals surface area contributed by atoms with Crippen molar-refractivity contribution in [1.29, 1.82) is 0 Å². The third-order valence-corrected chi connectivity index (χ3v) is 7.50. The zero-order chi connectivity index (χ0) is 27.9. The van der Waals surface area contributed by atoms with Crippen LogP contribution in [0.3, 0.4) is 0 Å². The molecule has 0 saturated heterocycles. The molecule has 4 aromatic rings. The van der Waals surface area contributed by atoms with Gasteiger partial charge in [-0.25, -0.2) is 35.7 Å². The lowest BCUT2D eigenvalue weighted by molar-refractivity contribution is 0.0608. The van der Waals surface area contributed by atoms with Crippen LogP contribution in [0.25, 0.3) is 16.6 Å². The Bertz CT molecular complexity index is 1830. The largest absolute Gasteiger partial charge is 0.496 e. The molecule has 0 saturated carbocycles. The molecule has 4 rings (SSSR count). The van der Waals surface area contributed by atoms with Crippen LogP contribution in [0.15, 0.2) is 44.1 Å². The van der Waals surface area contributed by atoms with Gasteiger partial charge in [0.05, 0.1) is 36.4 Å². The standard InChI is InChI=1S/C23H17F3N2O8S2/c1-34-15-5-4-11(24)19(26)10(15)8-36-16-7-14(12(25)6-17(16)38(3,32)33)28-21(29)18-13(27-23(28)31)9-37-20(18)22(30)35-2/h4-7,9H,8H2,1-3H3,(H,27,31). The molecule has 0 aliphatic heterocycles. The molecule has 0 aliphatic rings. The molecule has 0 unspecified atom stereocenters. The lowest BCUT2D eigenvalue weighted by atomic mass is 10.2. The second-order valence-corrected chi connectivity index (χ2v) is 10.6. The molecule has 1 N–H and O–H groups in total. The van der Waals surface area contributed by atoms with Crippen molar-refractivity contribution in [2.75, 3.05) is 20.5 Å². The lowest BCUT2D eigenvalue weighted by Gasteiger charge is -2.16. The number of nitrogens with zero attached hydrogens (tertiary/aromatic N) is 1. The van der Waals surface area contributed by atoms with E-state index in [1.165, 1.54) is 12.5 Å². The van der Waals surface area contributed by atoms with E-state index in [0.29, 0.717) is 10.6 Å². The van der Waals surface area contributed by atoms with E-state index in [1.54, 1.807) is 0 Å². The van der Waals surface area contributed by atoms with Crippen LogP contribution >= 0.6 is 11.3 Å². The fourth-order valence-electron chi connectivity index (χ4n) is 3.65. The second-order valence-electron chi connectivity index (χ2n) is 7.77. The number of H-pyrrole nitrogens is 1. The van der Waals surface area contributed by atoms with E-state index < -0.39 is 73.0 Å². The Kier molecular flexibility index (Phi) is 7.08. The number of halogens is 3. The Labute approximate surface area is 215 Å². The Balaban J connectivity index is 1.93. The minimum absolute atomic E-state index is 0.0000350. The van der Waals surface area contributed by atoms with Gasteiger partial charge in [0, 0.05) is 17.7 Å². The van der Waals surface area contributed by atoms with Crippen molar-refractivity contribution in [3.05, 3.63) is 78.4 Å². The van der Waals surface area contributed by atoms with Gasteiger partial charge < -0.3 is 19.2 Å². The smallest absolute Gasteiger partial charge is 0.348 e. The van der Waals surface area contributed by atoms with Crippen molar-refractivity contribution in [3.63, 3.8) is 0 Å². The Morgan fingerprint density at radius 3 is 2.42 bits per heavy atom. The Hall–Kier alpha value is -4.11. The van der Waals surface area contributed by atoms with Gasteiger partial charge in [-0.15, -0.1) is 11.3 Å². The molecule has 10 nitrogen and oxygen atoms in total. The van der Waals surface area contributed by atoms with Crippen molar-refractivity contribution in [2.45, 2.75) is 11.5 Å². The van der Waals surface area contributed by atoms with Gasteiger partial charge in [0.2, 0.25) is 0 Å². The van der Waals surface area contributed by atoms with Crippen molar-refractivity contribution >= 4 is 38.0 Å². The fraction of sp³-hybridized carbons (Fsp3) is 0.174. The number of benzene rings is 2. The molecule has 0 aliphatic carbocycles. The van der Waals surface area contributed by atoms with E-state index in [-0.39, 0.29) is 21.5 Å². The highest BCUT2D eigenvalue weighted by molar-refractivity contribution is 7.90. The maximum atomic E-state index is 15.2. The monoisotopic (exact) mass is 570 g/mol. The average Bonchev–Trinajstić information content (AvgIpc) is 3.29.